The van der Waals surface area contributed by atoms with Crippen molar-refractivity contribution in [1.29, 1.82) is 0 Å². The van der Waals surface area contributed by atoms with Crippen molar-refractivity contribution in [3.63, 3.8) is 0 Å². The third kappa shape index (κ3) is 18.2. The topological polar surface area (TPSA) is 243 Å². The first-order valence-corrected chi connectivity index (χ1v) is 27.3. The Morgan fingerprint density at radius 3 is 1.77 bits per heavy atom. The molecule has 7 N–H and O–H groups in total. The summed E-state index contributed by atoms with van der Waals surface area (Å²) >= 11 is 0. The van der Waals surface area contributed by atoms with E-state index in [1.807, 2.05) is 127 Å². The highest BCUT2D eigenvalue weighted by Gasteiger charge is 2.35. The van der Waals surface area contributed by atoms with Crippen LogP contribution in [0.4, 0.5) is 9.59 Å². The second-order valence-corrected chi connectivity index (χ2v) is 20.0. The SMILES string of the molecule is C=C(C(=O)C1Cc2cccc(c2)-c2ccc(OCc3ccccc3)c(c2)CC(NC(=O)OCc2ccccc2)C(=O)NC(CCCNC(=O)OCc2ccccc2)C(=O)N1)C(Cc1ccc(OCc2ccccc2)cc1)C(=O)NCC(N)=O. The molecule has 0 aromatic heterocycles. The fraction of sp³-hybridized carbons (Fsp3) is 0.227. The first kappa shape index (κ1) is 59.1. The Morgan fingerprint density at radius 1 is 0.578 bits per heavy atom. The van der Waals surface area contributed by atoms with Crippen molar-refractivity contribution in [3.05, 3.63) is 239 Å². The molecule has 1 aliphatic rings. The first-order valence-electron chi connectivity index (χ1n) is 27.3. The number of ketones is 1. The molecule has 83 heavy (non-hydrogen) atoms. The Bertz CT molecular complexity index is 3350. The average Bonchev–Trinajstić information content (AvgIpc) is 3.64. The molecule has 1 aliphatic heterocycles. The third-order valence-electron chi connectivity index (χ3n) is 13.8. The monoisotopic (exact) mass is 1120 g/mol. The van der Waals surface area contributed by atoms with E-state index in [0.29, 0.717) is 51.5 Å². The lowest BCUT2D eigenvalue weighted by molar-refractivity contribution is -0.132. The fourth-order valence-corrected chi connectivity index (χ4v) is 9.30. The van der Waals surface area contributed by atoms with Crippen LogP contribution in [0.5, 0.6) is 11.5 Å². The number of Topliss-reactive ketones (excluding diaryl/α,β-unsaturated/α-hetero) is 1. The number of nitrogens with one attached hydrogen (secondary N) is 5. The molecule has 7 aromatic rings. The molecular weight excluding hydrogens is 1050 g/mol. The van der Waals surface area contributed by atoms with Gasteiger partial charge in [0.15, 0.2) is 5.78 Å². The molecule has 1 heterocycles. The summed E-state index contributed by atoms with van der Waals surface area (Å²) in [4.78, 5) is 97.8. The van der Waals surface area contributed by atoms with Crippen molar-refractivity contribution in [1.82, 2.24) is 26.6 Å². The number of primary amides is 1. The highest BCUT2D eigenvalue weighted by Crippen LogP contribution is 2.31. The summed E-state index contributed by atoms with van der Waals surface area (Å²) in [7, 11) is 0. The van der Waals surface area contributed by atoms with Gasteiger partial charge in [-0.15, -0.1) is 0 Å². The maximum absolute atomic E-state index is 15.2. The smallest absolute Gasteiger partial charge is 0.408 e. The number of carbonyl (C=O) groups is 7. The van der Waals surface area contributed by atoms with Gasteiger partial charge in [-0.3, -0.25) is 24.0 Å². The Morgan fingerprint density at radius 2 is 1.16 bits per heavy atom. The zero-order valence-electron chi connectivity index (χ0n) is 45.8. The number of hydrogen-bond donors (Lipinski definition) is 6. The average molecular weight is 1120 g/mol. The van der Waals surface area contributed by atoms with Crippen molar-refractivity contribution < 1.29 is 52.5 Å². The lowest BCUT2D eigenvalue weighted by atomic mass is 9.85. The number of alkyl carbamates (subject to hydrolysis) is 2. The summed E-state index contributed by atoms with van der Waals surface area (Å²) in [6, 6.07) is 53.1. The minimum Gasteiger partial charge on any atom is -0.489 e. The lowest BCUT2D eigenvalue weighted by Gasteiger charge is -2.27. The third-order valence-corrected chi connectivity index (χ3v) is 13.8. The fourth-order valence-electron chi connectivity index (χ4n) is 9.30. The minimum atomic E-state index is -1.38. The number of fused-ring (bicyclic) bond motifs is 5. The second kappa shape index (κ2) is 30.0. The molecule has 0 saturated heterocycles. The van der Waals surface area contributed by atoms with Gasteiger partial charge in [0.25, 0.3) is 0 Å². The maximum Gasteiger partial charge on any atom is 0.408 e. The van der Waals surface area contributed by atoms with Crippen molar-refractivity contribution in [2.24, 2.45) is 11.7 Å². The van der Waals surface area contributed by atoms with E-state index in [2.05, 4.69) is 33.2 Å². The van der Waals surface area contributed by atoms with E-state index < -0.39 is 72.2 Å². The molecule has 7 aromatic carbocycles. The molecule has 4 bridgehead atoms. The Hall–Kier alpha value is -10.0. The van der Waals surface area contributed by atoms with E-state index in [1.165, 1.54) is 0 Å². The van der Waals surface area contributed by atoms with E-state index in [-0.39, 0.29) is 64.0 Å². The van der Waals surface area contributed by atoms with Crippen LogP contribution in [0, 0.1) is 5.92 Å². The normalized spacial score (nSPS) is 15.3. The van der Waals surface area contributed by atoms with Crippen molar-refractivity contribution in [2.45, 2.75) is 76.7 Å². The maximum atomic E-state index is 15.2. The van der Waals surface area contributed by atoms with Crippen LogP contribution in [-0.4, -0.2) is 72.8 Å². The molecule has 0 aliphatic carbocycles. The standard InChI is InChI=1S/C66H66N6O11/c1-44(55(62(75)69-39-60(67)73)35-45-27-30-54(31-28-45)80-40-46-16-6-2-7-17-46)61(74)57-36-50-24-14-25-51(34-50)52-29-32-59(81-41-47-18-8-3-9-19-47)53(37-52)38-58(72-66(79)83-43-49-22-12-5-13-23-49)64(77)70-56(63(76)71-57)26-15-33-68-65(78)82-42-48-20-10-4-11-21-48/h2-14,16-25,27-32,34,37,55-58H,1,15,26,33,35-36,38-43H2,(H2,67,73)(H,68,78)(H,69,75)(H,70,77)(H,71,76)(H,72,79). The molecule has 17 heteroatoms. The number of nitrogens with two attached hydrogens (primary N) is 1. The van der Waals surface area contributed by atoms with Gasteiger partial charge in [0.1, 0.15) is 50.0 Å². The minimum absolute atomic E-state index is 0.0177. The summed E-state index contributed by atoms with van der Waals surface area (Å²) in [6.07, 6.45) is -1.84. The van der Waals surface area contributed by atoms with E-state index in [9.17, 15) is 24.0 Å². The van der Waals surface area contributed by atoms with Crippen LogP contribution < -0.4 is 41.8 Å². The first-order chi connectivity index (χ1) is 40.3. The summed E-state index contributed by atoms with van der Waals surface area (Å²) < 4.78 is 23.4. The molecular formula is C66H66N6O11. The molecule has 4 atom stereocenters. The van der Waals surface area contributed by atoms with Crippen LogP contribution in [0.2, 0.25) is 0 Å². The van der Waals surface area contributed by atoms with Gasteiger partial charge in [-0.25, -0.2) is 9.59 Å². The van der Waals surface area contributed by atoms with Gasteiger partial charge in [-0.05, 0) is 93.6 Å². The Kier molecular flexibility index (Phi) is 21.3. The highest BCUT2D eigenvalue weighted by molar-refractivity contribution is 6.06. The molecule has 426 valence electrons. The van der Waals surface area contributed by atoms with Gasteiger partial charge in [0, 0.05) is 25.0 Å². The van der Waals surface area contributed by atoms with Gasteiger partial charge in [-0.1, -0.05) is 170 Å². The van der Waals surface area contributed by atoms with Crippen LogP contribution in [0.25, 0.3) is 11.1 Å². The quantitative estimate of drug-likeness (QED) is 0.0264. The predicted octanol–water partition coefficient (Wildman–Crippen LogP) is 8.17. The highest BCUT2D eigenvalue weighted by atomic mass is 16.6. The molecule has 0 spiro atoms. The lowest BCUT2D eigenvalue weighted by Crippen LogP contribution is -2.57. The predicted molar refractivity (Wildman–Crippen MR) is 312 cm³/mol. The van der Waals surface area contributed by atoms with Gasteiger partial charge in [0.05, 0.1) is 18.5 Å². The largest absolute Gasteiger partial charge is 0.489 e. The van der Waals surface area contributed by atoms with Crippen molar-refractivity contribution >= 4 is 41.6 Å². The number of benzene rings is 7. The van der Waals surface area contributed by atoms with Crippen LogP contribution in [0.1, 0.15) is 51.8 Å². The Labute approximate surface area is 482 Å². The van der Waals surface area contributed by atoms with Gasteiger partial charge < -0.3 is 51.3 Å². The van der Waals surface area contributed by atoms with Crippen LogP contribution >= 0.6 is 0 Å². The molecule has 4 unspecified atom stereocenters. The van der Waals surface area contributed by atoms with E-state index in [4.69, 9.17) is 24.7 Å². The molecule has 0 saturated carbocycles. The number of hydrogen-bond acceptors (Lipinski definition) is 11. The number of ether oxygens (including phenoxy) is 4. The second-order valence-electron chi connectivity index (χ2n) is 20.0. The summed E-state index contributed by atoms with van der Waals surface area (Å²) in [6.45, 7) is 4.10. The van der Waals surface area contributed by atoms with Crippen LogP contribution in [0.3, 0.4) is 0 Å². The van der Waals surface area contributed by atoms with Crippen molar-refractivity contribution in [3.8, 4) is 22.6 Å². The molecule has 17 nitrogen and oxygen atoms in total. The van der Waals surface area contributed by atoms with E-state index in [0.717, 1.165) is 16.7 Å². The van der Waals surface area contributed by atoms with E-state index in [1.54, 1.807) is 60.7 Å². The molecule has 0 fully saturated rings. The number of amides is 6. The molecule has 0 radical (unpaired) electrons. The number of rotatable bonds is 23. The van der Waals surface area contributed by atoms with Crippen LogP contribution in [0.15, 0.2) is 200 Å². The summed E-state index contributed by atoms with van der Waals surface area (Å²) in [5.74, 6) is -4.04. The van der Waals surface area contributed by atoms with Crippen molar-refractivity contribution in [2.75, 3.05) is 13.1 Å². The Balaban J connectivity index is 1.12. The summed E-state index contributed by atoms with van der Waals surface area (Å²) in [5.41, 5.74) is 11.8. The zero-order valence-corrected chi connectivity index (χ0v) is 45.8. The summed E-state index contributed by atoms with van der Waals surface area (Å²) in [5, 5.41) is 13.7. The van der Waals surface area contributed by atoms with E-state index >= 15 is 9.59 Å². The molecule has 8 rings (SSSR count). The van der Waals surface area contributed by atoms with Gasteiger partial charge >= 0.3 is 12.2 Å². The number of carbonyl (C=O) groups excluding carboxylic acids is 7. The van der Waals surface area contributed by atoms with Gasteiger partial charge in [-0.2, -0.15) is 0 Å². The zero-order chi connectivity index (χ0) is 58.3. The van der Waals surface area contributed by atoms with Gasteiger partial charge in [0.2, 0.25) is 23.6 Å². The van der Waals surface area contributed by atoms with Crippen LogP contribution in [-0.2, 0) is 79.1 Å². The molecule has 6 amide bonds.